The minimum atomic E-state index is -0.113. The van der Waals surface area contributed by atoms with Crippen LogP contribution in [-0.2, 0) is 6.54 Å². The molecule has 0 bridgehead atoms. The number of nitrogens with zero attached hydrogens (tertiary/aromatic N) is 2. The molecule has 34 heavy (non-hydrogen) atoms. The summed E-state index contributed by atoms with van der Waals surface area (Å²) in [5.74, 6) is 0.481. The van der Waals surface area contributed by atoms with Crippen molar-refractivity contribution in [2.45, 2.75) is 27.3 Å². The molecule has 1 amide bonds. The third kappa shape index (κ3) is 4.03. The van der Waals surface area contributed by atoms with Gasteiger partial charge in [-0.15, -0.1) is 0 Å². The largest absolute Gasteiger partial charge is 0.493 e. The van der Waals surface area contributed by atoms with Crippen LogP contribution in [0.5, 0.6) is 5.75 Å². The number of ether oxygens (including phenoxy) is 1. The number of aromatic nitrogens is 1. The number of anilines is 1. The Balaban J connectivity index is 1.69. The molecule has 170 valence electrons. The van der Waals surface area contributed by atoms with Crippen LogP contribution in [0.1, 0.15) is 34.0 Å². The highest BCUT2D eigenvalue weighted by atomic mass is 32.1. The SMILES string of the molecule is CCOc1ccc2ccccc2c1C(=O)N(Cc1ccccc1)c1nc2c(C)c(C)ccc2s1. The van der Waals surface area contributed by atoms with Crippen molar-refractivity contribution >= 4 is 43.4 Å². The summed E-state index contributed by atoms with van der Waals surface area (Å²) in [6.45, 7) is 7.01. The third-order valence-corrected chi connectivity index (χ3v) is 7.18. The van der Waals surface area contributed by atoms with E-state index < -0.39 is 0 Å². The molecule has 0 spiro atoms. The van der Waals surface area contributed by atoms with Crippen molar-refractivity contribution in [3.8, 4) is 5.75 Å². The van der Waals surface area contributed by atoms with E-state index in [1.165, 1.54) is 5.56 Å². The van der Waals surface area contributed by atoms with Gasteiger partial charge in [0.2, 0.25) is 0 Å². The molecule has 1 heterocycles. The van der Waals surface area contributed by atoms with Crippen LogP contribution in [0.2, 0.25) is 0 Å². The zero-order chi connectivity index (χ0) is 23.7. The smallest absolute Gasteiger partial charge is 0.264 e. The third-order valence-electron chi connectivity index (χ3n) is 6.14. The van der Waals surface area contributed by atoms with E-state index in [0.717, 1.165) is 32.1 Å². The van der Waals surface area contributed by atoms with E-state index in [1.807, 2.05) is 73.7 Å². The van der Waals surface area contributed by atoms with Crippen molar-refractivity contribution in [1.82, 2.24) is 4.98 Å². The second-order valence-corrected chi connectivity index (χ2v) is 9.33. The van der Waals surface area contributed by atoms with Crippen molar-refractivity contribution in [3.05, 3.63) is 101 Å². The average molecular weight is 467 g/mol. The van der Waals surface area contributed by atoms with Gasteiger partial charge in [-0.2, -0.15) is 0 Å². The number of hydrogen-bond donors (Lipinski definition) is 0. The van der Waals surface area contributed by atoms with Crippen LogP contribution in [0.4, 0.5) is 5.13 Å². The topological polar surface area (TPSA) is 42.4 Å². The number of amides is 1. The molecule has 0 fully saturated rings. The Kier molecular flexibility index (Phi) is 6.03. The van der Waals surface area contributed by atoms with Crippen LogP contribution in [0, 0.1) is 13.8 Å². The van der Waals surface area contributed by atoms with Crippen LogP contribution >= 0.6 is 11.3 Å². The van der Waals surface area contributed by atoms with Gasteiger partial charge in [-0.25, -0.2) is 4.98 Å². The average Bonchev–Trinajstić information content (AvgIpc) is 3.30. The predicted octanol–water partition coefficient (Wildman–Crippen LogP) is 7.31. The Morgan fingerprint density at radius 3 is 2.50 bits per heavy atom. The van der Waals surface area contributed by atoms with Crippen molar-refractivity contribution < 1.29 is 9.53 Å². The number of fused-ring (bicyclic) bond motifs is 2. The standard InChI is InChI=1S/C29H26N2O2S/c1-4-33-24-16-15-22-12-8-9-13-23(22)26(24)28(32)31(18-21-10-6-5-7-11-21)29-30-27-20(3)19(2)14-17-25(27)34-29/h5-17H,4,18H2,1-3H3. The molecule has 0 aliphatic carbocycles. The van der Waals surface area contributed by atoms with Gasteiger partial charge in [0.1, 0.15) is 5.75 Å². The van der Waals surface area contributed by atoms with Gasteiger partial charge in [-0.05, 0) is 60.4 Å². The first-order valence-corrected chi connectivity index (χ1v) is 12.3. The van der Waals surface area contributed by atoms with Gasteiger partial charge in [0.15, 0.2) is 5.13 Å². The number of carbonyl (C=O) groups excluding carboxylic acids is 1. The van der Waals surface area contributed by atoms with Gasteiger partial charge in [-0.1, -0.05) is 78.1 Å². The molecule has 0 saturated carbocycles. The number of carbonyl (C=O) groups is 1. The number of aryl methyl sites for hydroxylation is 2. The van der Waals surface area contributed by atoms with Gasteiger partial charge >= 0.3 is 0 Å². The number of rotatable bonds is 6. The van der Waals surface area contributed by atoms with Crippen LogP contribution in [0.3, 0.4) is 0 Å². The molecule has 0 saturated heterocycles. The van der Waals surface area contributed by atoms with E-state index in [2.05, 4.69) is 26.0 Å². The van der Waals surface area contributed by atoms with E-state index in [-0.39, 0.29) is 5.91 Å². The molecule has 1 aromatic heterocycles. The van der Waals surface area contributed by atoms with Gasteiger partial charge in [0.05, 0.1) is 28.9 Å². The maximum atomic E-state index is 14.3. The highest BCUT2D eigenvalue weighted by Gasteiger charge is 2.27. The normalized spacial score (nSPS) is 11.1. The van der Waals surface area contributed by atoms with Crippen molar-refractivity contribution in [2.75, 3.05) is 11.5 Å². The lowest BCUT2D eigenvalue weighted by molar-refractivity contribution is 0.0983. The molecular formula is C29H26N2O2S. The highest BCUT2D eigenvalue weighted by Crippen LogP contribution is 2.36. The fourth-order valence-corrected chi connectivity index (χ4v) is 5.23. The van der Waals surface area contributed by atoms with Crippen LogP contribution in [0.25, 0.3) is 21.0 Å². The Hall–Kier alpha value is -3.70. The first kappa shape index (κ1) is 22.1. The quantitative estimate of drug-likeness (QED) is 0.263. The summed E-state index contributed by atoms with van der Waals surface area (Å²) in [5.41, 5.74) is 4.91. The zero-order valence-electron chi connectivity index (χ0n) is 19.5. The van der Waals surface area contributed by atoms with E-state index in [9.17, 15) is 4.79 Å². The highest BCUT2D eigenvalue weighted by molar-refractivity contribution is 7.22. The van der Waals surface area contributed by atoms with Crippen molar-refractivity contribution in [1.29, 1.82) is 0 Å². The number of thiazole rings is 1. The maximum Gasteiger partial charge on any atom is 0.264 e. The summed E-state index contributed by atoms with van der Waals surface area (Å²) in [7, 11) is 0. The molecule has 0 radical (unpaired) electrons. The summed E-state index contributed by atoms with van der Waals surface area (Å²) < 4.78 is 7.01. The maximum absolute atomic E-state index is 14.3. The second kappa shape index (κ2) is 9.27. The summed E-state index contributed by atoms with van der Waals surface area (Å²) in [4.78, 5) is 21.0. The molecule has 0 N–H and O–H groups in total. The zero-order valence-corrected chi connectivity index (χ0v) is 20.4. The van der Waals surface area contributed by atoms with Crippen molar-refractivity contribution in [2.24, 2.45) is 0 Å². The molecule has 4 aromatic carbocycles. The minimum Gasteiger partial charge on any atom is -0.493 e. The van der Waals surface area contributed by atoms with E-state index in [1.54, 1.807) is 16.2 Å². The second-order valence-electron chi connectivity index (χ2n) is 8.32. The fraction of sp³-hybridized carbons (Fsp3) is 0.172. The summed E-state index contributed by atoms with van der Waals surface area (Å²) in [5, 5.41) is 2.57. The lowest BCUT2D eigenvalue weighted by Crippen LogP contribution is -2.31. The van der Waals surface area contributed by atoms with Gasteiger partial charge in [0, 0.05) is 0 Å². The Labute approximate surface area is 203 Å². The lowest BCUT2D eigenvalue weighted by Gasteiger charge is -2.22. The van der Waals surface area contributed by atoms with Crippen LogP contribution < -0.4 is 9.64 Å². The molecule has 5 heteroatoms. The molecule has 0 atom stereocenters. The van der Waals surface area contributed by atoms with Crippen LogP contribution in [0.15, 0.2) is 78.9 Å². The van der Waals surface area contributed by atoms with E-state index in [0.29, 0.717) is 29.6 Å². The predicted molar refractivity (Wildman–Crippen MR) is 141 cm³/mol. The molecule has 0 unspecified atom stereocenters. The van der Waals surface area contributed by atoms with E-state index >= 15 is 0 Å². The summed E-state index contributed by atoms with van der Waals surface area (Å²) in [6, 6.07) is 26.1. The van der Waals surface area contributed by atoms with Crippen molar-refractivity contribution in [3.63, 3.8) is 0 Å². The fourth-order valence-electron chi connectivity index (χ4n) is 4.20. The Bertz CT molecular complexity index is 1490. The first-order chi connectivity index (χ1) is 16.6. The molecule has 0 aliphatic rings. The molecule has 5 aromatic rings. The molecular weight excluding hydrogens is 440 g/mol. The van der Waals surface area contributed by atoms with Crippen LogP contribution in [-0.4, -0.2) is 17.5 Å². The van der Waals surface area contributed by atoms with Gasteiger partial charge < -0.3 is 4.74 Å². The van der Waals surface area contributed by atoms with Gasteiger partial charge in [-0.3, -0.25) is 9.69 Å². The Morgan fingerprint density at radius 1 is 0.941 bits per heavy atom. The molecule has 5 rings (SSSR count). The van der Waals surface area contributed by atoms with Gasteiger partial charge in [0.25, 0.3) is 5.91 Å². The molecule has 0 aliphatic heterocycles. The summed E-state index contributed by atoms with van der Waals surface area (Å²) in [6.07, 6.45) is 0. The number of benzene rings is 4. The Morgan fingerprint density at radius 2 is 1.71 bits per heavy atom. The first-order valence-electron chi connectivity index (χ1n) is 11.4. The molecule has 4 nitrogen and oxygen atoms in total. The summed E-state index contributed by atoms with van der Waals surface area (Å²) >= 11 is 1.55. The van der Waals surface area contributed by atoms with E-state index in [4.69, 9.17) is 9.72 Å². The minimum absolute atomic E-state index is 0.113. The monoisotopic (exact) mass is 466 g/mol. The number of hydrogen-bond acceptors (Lipinski definition) is 4. The lowest BCUT2D eigenvalue weighted by atomic mass is 10.0.